The van der Waals surface area contributed by atoms with E-state index in [1.54, 1.807) is 6.07 Å². The number of rotatable bonds is 0. The molecule has 0 saturated heterocycles. The molecule has 0 radical (unpaired) electrons. The molecule has 0 bridgehead atoms. The molecule has 1 aliphatic rings. The number of nitrogens with one attached hydrogen (secondary N) is 1. The summed E-state index contributed by atoms with van der Waals surface area (Å²) in [6.07, 6.45) is 3.34. The Bertz CT molecular complexity index is 571. The number of carbonyl (C=O) groups is 1. The molecule has 2 nitrogen and oxygen atoms in total. The SMILES string of the molecule is O=C1CCCCc2[nH]c3c(F)cccc3c21. The fraction of sp³-hybridized carbons (Fsp3) is 0.308. The predicted octanol–water partition coefficient (Wildman–Crippen LogP) is 3.22. The maximum absolute atomic E-state index is 13.6. The minimum Gasteiger partial charge on any atom is -0.355 e. The Hall–Kier alpha value is -1.64. The number of para-hydroxylation sites is 1. The molecule has 1 aliphatic carbocycles. The molecular formula is C13H12FNO. The van der Waals surface area contributed by atoms with E-state index in [4.69, 9.17) is 0 Å². The van der Waals surface area contributed by atoms with Crippen molar-refractivity contribution in [2.45, 2.75) is 25.7 Å². The van der Waals surface area contributed by atoms with Crippen molar-refractivity contribution >= 4 is 16.7 Å². The van der Waals surface area contributed by atoms with Crippen molar-refractivity contribution in [1.29, 1.82) is 0 Å². The molecule has 0 aliphatic heterocycles. The number of hydrogen-bond acceptors (Lipinski definition) is 1. The van der Waals surface area contributed by atoms with Crippen LogP contribution in [0.1, 0.15) is 35.3 Å². The summed E-state index contributed by atoms with van der Waals surface area (Å²) in [5.74, 6) is -0.136. The van der Waals surface area contributed by atoms with E-state index in [1.807, 2.05) is 6.07 Å². The smallest absolute Gasteiger partial charge is 0.165 e. The molecule has 0 atom stereocenters. The predicted molar refractivity (Wildman–Crippen MR) is 60.1 cm³/mol. The molecule has 1 aromatic carbocycles. The Balaban J connectivity index is 2.35. The Labute approximate surface area is 92.5 Å². The first-order valence-electron chi connectivity index (χ1n) is 5.59. The van der Waals surface area contributed by atoms with Crippen molar-refractivity contribution in [2.24, 2.45) is 0 Å². The van der Waals surface area contributed by atoms with Crippen LogP contribution in [0.4, 0.5) is 4.39 Å². The van der Waals surface area contributed by atoms with Gasteiger partial charge in [-0.25, -0.2) is 4.39 Å². The van der Waals surface area contributed by atoms with Gasteiger partial charge < -0.3 is 4.98 Å². The van der Waals surface area contributed by atoms with Crippen LogP contribution < -0.4 is 0 Å². The molecule has 16 heavy (non-hydrogen) atoms. The summed E-state index contributed by atoms with van der Waals surface area (Å²) in [4.78, 5) is 15.0. The van der Waals surface area contributed by atoms with Crippen LogP contribution >= 0.6 is 0 Å². The Kier molecular flexibility index (Phi) is 2.06. The molecule has 1 heterocycles. The molecule has 0 amide bonds. The van der Waals surface area contributed by atoms with Gasteiger partial charge in [-0.3, -0.25) is 4.79 Å². The highest BCUT2D eigenvalue weighted by atomic mass is 19.1. The van der Waals surface area contributed by atoms with Crippen molar-refractivity contribution in [2.75, 3.05) is 0 Å². The number of halogens is 1. The van der Waals surface area contributed by atoms with Crippen LogP contribution in [0.25, 0.3) is 10.9 Å². The quantitative estimate of drug-likeness (QED) is 0.675. The Morgan fingerprint density at radius 1 is 1.19 bits per heavy atom. The fourth-order valence-corrected chi connectivity index (χ4v) is 2.45. The maximum Gasteiger partial charge on any atom is 0.165 e. The van der Waals surface area contributed by atoms with Gasteiger partial charge in [0.15, 0.2) is 5.78 Å². The van der Waals surface area contributed by atoms with E-state index in [2.05, 4.69) is 4.98 Å². The number of H-pyrrole nitrogens is 1. The first kappa shape index (κ1) is 9.58. The van der Waals surface area contributed by atoms with Gasteiger partial charge >= 0.3 is 0 Å². The molecular weight excluding hydrogens is 205 g/mol. The van der Waals surface area contributed by atoms with Crippen molar-refractivity contribution in [3.63, 3.8) is 0 Å². The van der Waals surface area contributed by atoms with Gasteiger partial charge in [-0.1, -0.05) is 12.1 Å². The number of aromatic nitrogens is 1. The average molecular weight is 217 g/mol. The second kappa shape index (κ2) is 3.44. The fourth-order valence-electron chi connectivity index (χ4n) is 2.45. The van der Waals surface area contributed by atoms with Crippen LogP contribution in [0.2, 0.25) is 0 Å². The second-order valence-corrected chi connectivity index (χ2v) is 4.27. The lowest BCUT2D eigenvalue weighted by atomic mass is 10.1. The van der Waals surface area contributed by atoms with Crippen LogP contribution in [-0.2, 0) is 6.42 Å². The monoisotopic (exact) mass is 217 g/mol. The van der Waals surface area contributed by atoms with Gasteiger partial charge in [0, 0.05) is 23.1 Å². The number of Topliss-reactive ketones (excluding diaryl/α,β-unsaturated/α-hetero) is 1. The number of carbonyl (C=O) groups excluding carboxylic acids is 1. The lowest BCUT2D eigenvalue weighted by molar-refractivity contribution is 0.0983. The first-order chi connectivity index (χ1) is 7.77. The molecule has 0 fully saturated rings. The number of benzene rings is 1. The largest absolute Gasteiger partial charge is 0.355 e. The molecule has 3 heteroatoms. The standard InChI is InChI=1S/C13H12FNO/c14-9-5-3-4-8-12-10(15-13(8)9)6-1-2-7-11(12)16/h3-5,15H,1-2,6-7H2. The normalized spacial score (nSPS) is 16.2. The zero-order chi connectivity index (χ0) is 11.1. The summed E-state index contributed by atoms with van der Waals surface area (Å²) >= 11 is 0. The molecule has 1 N–H and O–H groups in total. The molecule has 0 unspecified atom stereocenters. The van der Waals surface area contributed by atoms with Crippen molar-refractivity contribution in [1.82, 2.24) is 4.98 Å². The minimum atomic E-state index is -0.279. The zero-order valence-corrected chi connectivity index (χ0v) is 8.85. The number of fused-ring (bicyclic) bond motifs is 3. The van der Waals surface area contributed by atoms with E-state index in [1.165, 1.54) is 6.07 Å². The average Bonchev–Trinajstić information content (AvgIpc) is 2.55. The van der Waals surface area contributed by atoms with Crippen LogP contribution in [0.5, 0.6) is 0 Å². The van der Waals surface area contributed by atoms with E-state index < -0.39 is 0 Å². The Morgan fingerprint density at radius 2 is 2.00 bits per heavy atom. The summed E-state index contributed by atoms with van der Waals surface area (Å²) < 4.78 is 13.6. The highest BCUT2D eigenvalue weighted by Gasteiger charge is 2.21. The third kappa shape index (κ3) is 1.28. The summed E-state index contributed by atoms with van der Waals surface area (Å²) in [6, 6.07) is 4.89. The van der Waals surface area contributed by atoms with Crippen LogP contribution in [-0.4, -0.2) is 10.8 Å². The van der Waals surface area contributed by atoms with E-state index >= 15 is 0 Å². The summed E-state index contributed by atoms with van der Waals surface area (Å²) in [5, 5.41) is 0.738. The van der Waals surface area contributed by atoms with Gasteiger partial charge in [0.05, 0.1) is 5.52 Å². The van der Waals surface area contributed by atoms with Crippen molar-refractivity contribution in [3.8, 4) is 0 Å². The van der Waals surface area contributed by atoms with Gasteiger partial charge in [-0.05, 0) is 25.3 Å². The van der Waals surface area contributed by atoms with Crippen molar-refractivity contribution < 1.29 is 9.18 Å². The van der Waals surface area contributed by atoms with Gasteiger partial charge in [0.1, 0.15) is 5.82 Å². The van der Waals surface area contributed by atoms with Crippen LogP contribution in [0.15, 0.2) is 18.2 Å². The van der Waals surface area contributed by atoms with Gasteiger partial charge in [-0.15, -0.1) is 0 Å². The maximum atomic E-state index is 13.6. The second-order valence-electron chi connectivity index (χ2n) is 4.27. The minimum absolute atomic E-state index is 0.143. The van der Waals surface area contributed by atoms with E-state index in [0.717, 1.165) is 30.3 Å². The van der Waals surface area contributed by atoms with E-state index in [0.29, 0.717) is 17.5 Å². The number of aryl methyl sites for hydroxylation is 1. The van der Waals surface area contributed by atoms with Crippen LogP contribution in [0.3, 0.4) is 0 Å². The highest BCUT2D eigenvalue weighted by Crippen LogP contribution is 2.29. The molecule has 2 aromatic rings. The van der Waals surface area contributed by atoms with Gasteiger partial charge in [0.25, 0.3) is 0 Å². The van der Waals surface area contributed by atoms with E-state index in [9.17, 15) is 9.18 Å². The Morgan fingerprint density at radius 3 is 2.88 bits per heavy atom. The third-order valence-corrected chi connectivity index (χ3v) is 3.22. The summed E-state index contributed by atoms with van der Waals surface area (Å²) in [7, 11) is 0. The summed E-state index contributed by atoms with van der Waals surface area (Å²) in [5.41, 5.74) is 2.09. The van der Waals surface area contributed by atoms with Gasteiger partial charge in [-0.2, -0.15) is 0 Å². The molecule has 3 rings (SSSR count). The lowest BCUT2D eigenvalue weighted by Gasteiger charge is -1.96. The van der Waals surface area contributed by atoms with Gasteiger partial charge in [0.2, 0.25) is 0 Å². The molecule has 0 spiro atoms. The molecule has 0 saturated carbocycles. The van der Waals surface area contributed by atoms with Crippen molar-refractivity contribution in [3.05, 3.63) is 35.3 Å². The topological polar surface area (TPSA) is 32.9 Å². The molecule has 1 aromatic heterocycles. The number of hydrogen-bond donors (Lipinski definition) is 1. The first-order valence-corrected chi connectivity index (χ1v) is 5.59. The third-order valence-electron chi connectivity index (χ3n) is 3.22. The van der Waals surface area contributed by atoms with Crippen LogP contribution in [0, 0.1) is 5.82 Å². The lowest BCUT2D eigenvalue weighted by Crippen LogP contribution is -1.97. The summed E-state index contributed by atoms with van der Waals surface area (Å²) in [6.45, 7) is 0. The zero-order valence-electron chi connectivity index (χ0n) is 8.85. The number of aromatic amines is 1. The highest BCUT2D eigenvalue weighted by molar-refractivity contribution is 6.09. The number of ketones is 1. The molecule has 82 valence electrons. The van der Waals surface area contributed by atoms with E-state index in [-0.39, 0.29) is 11.6 Å².